The molecule has 4 atom stereocenters. The van der Waals surface area contributed by atoms with Gasteiger partial charge in [-0.1, -0.05) is 12.8 Å². The Morgan fingerprint density at radius 3 is 2.24 bits per heavy atom. The highest BCUT2D eigenvalue weighted by molar-refractivity contribution is 6.08. The van der Waals surface area contributed by atoms with E-state index in [1.165, 1.54) is 13.8 Å². The van der Waals surface area contributed by atoms with Crippen LogP contribution in [0.2, 0.25) is 0 Å². The van der Waals surface area contributed by atoms with Gasteiger partial charge in [0, 0.05) is 12.1 Å². The molecule has 1 aliphatic heterocycles. The summed E-state index contributed by atoms with van der Waals surface area (Å²) >= 11 is 0. The summed E-state index contributed by atoms with van der Waals surface area (Å²) in [7, 11) is 0. The van der Waals surface area contributed by atoms with Crippen molar-refractivity contribution in [2.75, 3.05) is 5.32 Å². The van der Waals surface area contributed by atoms with E-state index in [4.69, 9.17) is 4.74 Å². The number of amides is 3. The molecule has 9 heteroatoms. The minimum absolute atomic E-state index is 0.0499. The molecule has 0 bridgehead atoms. The lowest BCUT2D eigenvalue weighted by molar-refractivity contribution is -0.163. The third-order valence-corrected chi connectivity index (χ3v) is 5.68. The average molecular weight is 404 g/mol. The predicted octanol–water partition coefficient (Wildman–Crippen LogP) is 1.90. The van der Waals surface area contributed by atoms with Crippen molar-refractivity contribution >= 4 is 29.5 Å². The van der Waals surface area contributed by atoms with Crippen molar-refractivity contribution in [1.82, 2.24) is 14.7 Å². The van der Waals surface area contributed by atoms with E-state index < -0.39 is 24.0 Å². The number of nitrogens with zero attached hydrogens (tertiary/aromatic N) is 3. The number of carbonyl (C=O) groups excluding carboxylic acids is 4. The van der Waals surface area contributed by atoms with E-state index in [1.807, 2.05) is 13.8 Å². The maximum atomic E-state index is 12.6. The van der Waals surface area contributed by atoms with E-state index in [9.17, 15) is 19.2 Å². The van der Waals surface area contributed by atoms with Crippen LogP contribution in [-0.2, 0) is 23.9 Å². The van der Waals surface area contributed by atoms with Gasteiger partial charge >= 0.3 is 5.97 Å². The molecule has 158 valence electrons. The number of anilines is 1. The molecule has 2 heterocycles. The summed E-state index contributed by atoms with van der Waals surface area (Å²) in [5, 5.41) is 6.81. The topological polar surface area (TPSA) is 111 Å². The zero-order valence-electron chi connectivity index (χ0n) is 17.3. The monoisotopic (exact) mass is 404 g/mol. The summed E-state index contributed by atoms with van der Waals surface area (Å²) in [6.07, 6.45) is 3.66. The maximum absolute atomic E-state index is 12.6. The number of carbonyl (C=O) groups is 4. The van der Waals surface area contributed by atoms with Gasteiger partial charge in [-0.2, -0.15) is 5.10 Å². The molecular formula is C20H28N4O5. The van der Waals surface area contributed by atoms with E-state index in [2.05, 4.69) is 10.4 Å². The number of hydrogen-bond acceptors (Lipinski definition) is 6. The Morgan fingerprint density at radius 2 is 1.69 bits per heavy atom. The van der Waals surface area contributed by atoms with Crippen molar-refractivity contribution < 1.29 is 23.9 Å². The van der Waals surface area contributed by atoms with Gasteiger partial charge in [0.05, 0.1) is 18.0 Å². The van der Waals surface area contributed by atoms with E-state index in [-0.39, 0.29) is 29.7 Å². The second-order valence-corrected chi connectivity index (χ2v) is 8.04. The predicted molar refractivity (Wildman–Crippen MR) is 104 cm³/mol. The minimum Gasteiger partial charge on any atom is -0.451 e. The van der Waals surface area contributed by atoms with Crippen molar-refractivity contribution in [2.24, 2.45) is 11.8 Å². The van der Waals surface area contributed by atoms with Crippen molar-refractivity contribution in [3.63, 3.8) is 0 Å². The lowest BCUT2D eigenvalue weighted by Gasteiger charge is -2.23. The van der Waals surface area contributed by atoms with Crippen molar-refractivity contribution in [3.05, 3.63) is 12.3 Å². The fraction of sp³-hybridized carbons (Fsp3) is 0.650. The maximum Gasteiger partial charge on any atom is 0.329 e. The first kappa shape index (κ1) is 21.0. The van der Waals surface area contributed by atoms with Crippen LogP contribution >= 0.6 is 0 Å². The molecular weight excluding hydrogens is 376 g/mol. The first-order valence-electron chi connectivity index (χ1n) is 10.1. The fourth-order valence-corrected chi connectivity index (χ4v) is 4.05. The van der Waals surface area contributed by atoms with Crippen LogP contribution in [0, 0.1) is 11.8 Å². The molecule has 3 rings (SSSR count). The van der Waals surface area contributed by atoms with Crippen molar-refractivity contribution in [3.8, 4) is 0 Å². The summed E-state index contributed by atoms with van der Waals surface area (Å²) in [4.78, 5) is 51.3. The van der Waals surface area contributed by atoms with Crippen LogP contribution in [0.1, 0.15) is 59.4 Å². The molecule has 0 radical (unpaired) electrons. The van der Waals surface area contributed by atoms with Crippen LogP contribution in [0.25, 0.3) is 0 Å². The zero-order chi connectivity index (χ0) is 21.3. The number of likely N-dealkylation sites (tertiary alicyclic amines) is 1. The second kappa shape index (κ2) is 8.34. The number of ether oxygens (including phenoxy) is 1. The van der Waals surface area contributed by atoms with Crippen LogP contribution < -0.4 is 5.32 Å². The SMILES string of the molecule is CC(C)n1nccc1NC(=O)[C@@H](C)OC(=O)[C@@H](C)N1C(=O)[C@H]2CCCC[C@H]2C1=O. The van der Waals surface area contributed by atoms with Gasteiger partial charge in [0.2, 0.25) is 11.8 Å². The van der Waals surface area contributed by atoms with Gasteiger partial charge < -0.3 is 10.1 Å². The summed E-state index contributed by atoms with van der Waals surface area (Å²) in [5.74, 6) is -2.06. The Bertz CT molecular complexity index is 794. The van der Waals surface area contributed by atoms with Gasteiger partial charge in [-0.15, -0.1) is 0 Å². The summed E-state index contributed by atoms with van der Waals surface area (Å²) in [5.41, 5.74) is 0. The third-order valence-electron chi connectivity index (χ3n) is 5.68. The normalized spacial score (nSPS) is 23.7. The quantitative estimate of drug-likeness (QED) is 0.573. The largest absolute Gasteiger partial charge is 0.451 e. The Morgan fingerprint density at radius 1 is 1.10 bits per heavy atom. The van der Waals surface area contributed by atoms with Crippen LogP contribution in [0.5, 0.6) is 0 Å². The zero-order valence-corrected chi connectivity index (χ0v) is 17.3. The lowest BCUT2D eigenvalue weighted by Crippen LogP contribution is -2.46. The molecule has 1 aromatic rings. The molecule has 29 heavy (non-hydrogen) atoms. The lowest BCUT2D eigenvalue weighted by atomic mass is 9.81. The van der Waals surface area contributed by atoms with Gasteiger partial charge in [-0.25, -0.2) is 9.48 Å². The summed E-state index contributed by atoms with van der Waals surface area (Å²) in [6, 6.07) is 0.643. The molecule has 1 saturated heterocycles. The van der Waals surface area contributed by atoms with Gasteiger partial charge in [0.15, 0.2) is 6.10 Å². The molecule has 2 fully saturated rings. The van der Waals surface area contributed by atoms with Crippen molar-refractivity contribution in [1.29, 1.82) is 0 Å². The molecule has 9 nitrogen and oxygen atoms in total. The minimum atomic E-state index is -1.09. The number of aromatic nitrogens is 2. The Labute approximate surface area is 169 Å². The molecule has 0 aromatic carbocycles. The number of nitrogens with one attached hydrogen (secondary N) is 1. The van der Waals surface area contributed by atoms with E-state index in [1.54, 1.807) is 16.9 Å². The highest BCUT2D eigenvalue weighted by Gasteiger charge is 2.51. The number of imide groups is 1. The molecule has 1 aromatic heterocycles. The molecule has 3 amide bonds. The Balaban J connectivity index is 1.61. The molecule has 2 aliphatic rings. The van der Waals surface area contributed by atoms with Gasteiger partial charge in [0.1, 0.15) is 11.9 Å². The number of rotatable bonds is 6. The Kier molecular flexibility index (Phi) is 6.04. The summed E-state index contributed by atoms with van der Waals surface area (Å²) < 4.78 is 6.90. The number of hydrogen-bond donors (Lipinski definition) is 1. The fourth-order valence-electron chi connectivity index (χ4n) is 4.05. The first-order chi connectivity index (χ1) is 13.7. The molecule has 0 unspecified atom stereocenters. The number of fused-ring (bicyclic) bond motifs is 1. The van der Waals surface area contributed by atoms with Crippen molar-refractivity contribution in [2.45, 2.75) is 71.6 Å². The third kappa shape index (κ3) is 4.04. The van der Waals surface area contributed by atoms with Gasteiger partial charge in [-0.3, -0.25) is 19.3 Å². The summed E-state index contributed by atoms with van der Waals surface area (Å²) in [6.45, 7) is 6.77. The molecule has 1 saturated carbocycles. The second-order valence-electron chi connectivity index (χ2n) is 8.04. The van der Waals surface area contributed by atoms with E-state index in [0.717, 1.165) is 17.7 Å². The highest BCUT2D eigenvalue weighted by Crippen LogP contribution is 2.38. The van der Waals surface area contributed by atoms with E-state index >= 15 is 0 Å². The standard InChI is InChI=1S/C20H28N4O5/c1-11(2)24-16(9-10-21-24)22-17(25)13(4)29-20(28)12(3)23-18(26)14-7-5-6-8-15(14)19(23)27/h9-15H,5-8H2,1-4H3,(H,22,25)/t12-,13-,14-,15+/m1/s1. The van der Waals surface area contributed by atoms with Crippen LogP contribution in [0.3, 0.4) is 0 Å². The highest BCUT2D eigenvalue weighted by atomic mass is 16.5. The van der Waals surface area contributed by atoms with E-state index in [0.29, 0.717) is 18.7 Å². The molecule has 1 N–H and O–H groups in total. The smallest absolute Gasteiger partial charge is 0.329 e. The molecule has 0 spiro atoms. The van der Waals surface area contributed by atoms with Crippen LogP contribution in [0.4, 0.5) is 5.82 Å². The number of esters is 1. The van der Waals surface area contributed by atoms with Crippen LogP contribution in [-0.4, -0.2) is 50.5 Å². The average Bonchev–Trinajstić information content (AvgIpc) is 3.24. The molecule has 1 aliphatic carbocycles. The van der Waals surface area contributed by atoms with Crippen LogP contribution in [0.15, 0.2) is 12.3 Å². The Hall–Kier alpha value is -2.71. The van der Waals surface area contributed by atoms with Gasteiger partial charge in [0.25, 0.3) is 5.91 Å². The first-order valence-corrected chi connectivity index (χ1v) is 10.1. The van der Waals surface area contributed by atoms with Gasteiger partial charge in [-0.05, 0) is 40.5 Å².